The lowest BCUT2D eigenvalue weighted by Gasteiger charge is -2.20. The monoisotopic (exact) mass is 295 g/mol. The Bertz CT molecular complexity index is 552. The van der Waals surface area contributed by atoms with Gasteiger partial charge in [0, 0.05) is 6.07 Å². The van der Waals surface area contributed by atoms with Gasteiger partial charge in [-0.1, -0.05) is 26.8 Å². The molecule has 6 heteroatoms. The van der Waals surface area contributed by atoms with Crippen molar-refractivity contribution >= 4 is 11.8 Å². The van der Waals surface area contributed by atoms with Crippen LogP contribution in [-0.2, 0) is 10.2 Å². The molecule has 0 aliphatic heterocycles. The average Bonchev–Trinajstić information content (AvgIpc) is 2.24. The van der Waals surface area contributed by atoms with Gasteiger partial charge in [-0.15, -0.1) is 0 Å². The number of benzene rings is 1. The zero-order valence-electron chi connectivity index (χ0n) is 13.2. The summed E-state index contributed by atoms with van der Waals surface area (Å²) in [6.07, 6.45) is -0.964. The molecule has 0 aliphatic carbocycles. The molecule has 0 aliphatic rings. The molecule has 6 nitrogen and oxygen atoms in total. The maximum Gasteiger partial charge on any atom is 0.514 e. The average molecular weight is 295 g/mol. The second kappa shape index (κ2) is 5.71. The van der Waals surface area contributed by atoms with Crippen molar-refractivity contribution in [1.29, 1.82) is 0 Å². The Labute approximate surface area is 124 Å². The fourth-order valence-electron chi connectivity index (χ4n) is 1.57. The Hall–Kier alpha value is -2.11. The van der Waals surface area contributed by atoms with Crippen LogP contribution in [0.5, 0.6) is 5.75 Å². The number of nitrogens with zero attached hydrogens (tertiary/aromatic N) is 1. The number of nitro benzene ring substituents is 1. The fraction of sp³-hybridized carbons (Fsp3) is 0.533. The van der Waals surface area contributed by atoms with Gasteiger partial charge in [0.2, 0.25) is 5.75 Å². The number of carbonyl (C=O) groups excluding carboxylic acids is 1. The molecular weight excluding hydrogens is 274 g/mol. The maximum absolute atomic E-state index is 11.6. The van der Waals surface area contributed by atoms with Gasteiger partial charge >= 0.3 is 11.8 Å². The van der Waals surface area contributed by atoms with E-state index >= 15 is 0 Å². The van der Waals surface area contributed by atoms with E-state index in [0.717, 1.165) is 5.56 Å². The molecule has 0 heterocycles. The lowest BCUT2D eigenvalue weighted by Crippen LogP contribution is -2.26. The summed E-state index contributed by atoms with van der Waals surface area (Å²) in [5.41, 5.74) is -0.439. The second-order valence-corrected chi connectivity index (χ2v) is 6.76. The summed E-state index contributed by atoms with van der Waals surface area (Å²) in [4.78, 5) is 22.2. The van der Waals surface area contributed by atoms with Gasteiger partial charge in [-0.3, -0.25) is 10.1 Å². The first-order valence-electron chi connectivity index (χ1n) is 6.60. The molecule has 0 saturated carbocycles. The highest BCUT2D eigenvalue weighted by Crippen LogP contribution is 2.33. The zero-order valence-corrected chi connectivity index (χ0v) is 13.2. The molecule has 116 valence electrons. The third kappa shape index (κ3) is 5.06. The molecule has 21 heavy (non-hydrogen) atoms. The van der Waals surface area contributed by atoms with Crippen molar-refractivity contribution in [1.82, 2.24) is 0 Å². The predicted octanol–water partition coefficient (Wildman–Crippen LogP) is 4.21. The largest absolute Gasteiger partial charge is 0.514 e. The molecule has 0 fully saturated rings. The Morgan fingerprint density at radius 2 is 1.71 bits per heavy atom. The van der Waals surface area contributed by atoms with Gasteiger partial charge in [-0.05, 0) is 37.8 Å². The van der Waals surface area contributed by atoms with Gasteiger partial charge in [-0.25, -0.2) is 4.79 Å². The van der Waals surface area contributed by atoms with Gasteiger partial charge in [0.05, 0.1) is 4.92 Å². The molecule has 1 aromatic rings. The van der Waals surface area contributed by atoms with E-state index in [4.69, 9.17) is 9.47 Å². The van der Waals surface area contributed by atoms with Crippen LogP contribution in [0.4, 0.5) is 10.5 Å². The third-order valence-electron chi connectivity index (χ3n) is 2.60. The normalized spacial score (nSPS) is 11.9. The molecule has 0 radical (unpaired) electrons. The van der Waals surface area contributed by atoms with Crippen molar-refractivity contribution in [3.8, 4) is 5.75 Å². The van der Waals surface area contributed by atoms with E-state index in [0.29, 0.717) is 0 Å². The molecule has 1 aromatic carbocycles. The smallest absolute Gasteiger partial charge is 0.428 e. The van der Waals surface area contributed by atoms with E-state index in [1.807, 2.05) is 20.8 Å². The number of nitro groups is 1. The summed E-state index contributed by atoms with van der Waals surface area (Å²) in [5.74, 6) is -0.123. The lowest BCUT2D eigenvalue weighted by atomic mass is 9.87. The molecule has 1 rings (SSSR count). The van der Waals surface area contributed by atoms with E-state index in [-0.39, 0.29) is 16.9 Å². The van der Waals surface area contributed by atoms with Crippen molar-refractivity contribution in [2.24, 2.45) is 0 Å². The minimum Gasteiger partial charge on any atom is -0.428 e. The van der Waals surface area contributed by atoms with Crippen LogP contribution in [0.1, 0.15) is 47.1 Å². The van der Waals surface area contributed by atoms with Gasteiger partial charge in [0.25, 0.3) is 0 Å². The van der Waals surface area contributed by atoms with Crippen LogP contribution >= 0.6 is 0 Å². The van der Waals surface area contributed by atoms with Crippen LogP contribution in [0.3, 0.4) is 0 Å². The van der Waals surface area contributed by atoms with Crippen molar-refractivity contribution in [2.75, 3.05) is 0 Å². The van der Waals surface area contributed by atoms with Crippen molar-refractivity contribution in [3.05, 3.63) is 33.9 Å². The summed E-state index contributed by atoms with van der Waals surface area (Å²) in [6, 6.07) is 4.54. The topological polar surface area (TPSA) is 78.7 Å². The Morgan fingerprint density at radius 3 is 2.14 bits per heavy atom. The van der Waals surface area contributed by atoms with Crippen LogP contribution in [-0.4, -0.2) is 16.7 Å². The summed E-state index contributed by atoms with van der Waals surface area (Å²) in [5, 5.41) is 11.1. The van der Waals surface area contributed by atoms with Crippen LogP contribution in [0.25, 0.3) is 0 Å². The second-order valence-electron chi connectivity index (χ2n) is 6.76. The Balaban J connectivity index is 3.08. The molecule has 0 bridgehead atoms. The van der Waals surface area contributed by atoms with Crippen molar-refractivity contribution < 1.29 is 19.2 Å². The maximum atomic E-state index is 11.6. The molecule has 0 N–H and O–H groups in total. The molecule has 0 saturated heterocycles. The van der Waals surface area contributed by atoms with E-state index in [2.05, 4.69) is 0 Å². The Kier molecular flexibility index (Phi) is 4.61. The molecular formula is C15H21NO5. The molecule has 0 atom stereocenters. The summed E-state index contributed by atoms with van der Waals surface area (Å²) in [7, 11) is 0. The number of rotatable bonds is 2. The van der Waals surface area contributed by atoms with Crippen LogP contribution in [0, 0.1) is 10.1 Å². The van der Waals surface area contributed by atoms with E-state index in [1.165, 1.54) is 12.1 Å². The summed E-state index contributed by atoms with van der Waals surface area (Å²) < 4.78 is 9.94. The molecule has 0 aromatic heterocycles. The minimum absolute atomic E-state index is 0.123. The number of ether oxygens (including phenoxy) is 2. The third-order valence-corrected chi connectivity index (χ3v) is 2.60. The van der Waals surface area contributed by atoms with Crippen molar-refractivity contribution in [3.63, 3.8) is 0 Å². The lowest BCUT2D eigenvalue weighted by molar-refractivity contribution is -0.385. The minimum atomic E-state index is -0.964. The first-order valence-corrected chi connectivity index (χ1v) is 6.60. The quantitative estimate of drug-likeness (QED) is 0.353. The zero-order chi connectivity index (χ0) is 16.4. The van der Waals surface area contributed by atoms with Gasteiger partial charge in [0.15, 0.2) is 0 Å². The standard InChI is InChI=1S/C15H21NO5/c1-14(2,3)10-7-8-12(11(9-10)16(18)19)20-13(17)21-15(4,5)6/h7-9H,1-6H3. The number of carbonyl (C=O) groups is 1. The number of hydrogen-bond donors (Lipinski definition) is 0. The molecule has 0 spiro atoms. The van der Waals surface area contributed by atoms with Crippen molar-refractivity contribution in [2.45, 2.75) is 52.6 Å². The van der Waals surface area contributed by atoms with Crippen LogP contribution in [0.15, 0.2) is 18.2 Å². The molecule has 0 amide bonds. The number of hydrogen-bond acceptors (Lipinski definition) is 5. The first kappa shape index (κ1) is 16.9. The van der Waals surface area contributed by atoms with Crippen LogP contribution in [0.2, 0.25) is 0 Å². The Morgan fingerprint density at radius 1 is 1.14 bits per heavy atom. The van der Waals surface area contributed by atoms with E-state index in [9.17, 15) is 14.9 Å². The predicted molar refractivity (Wildman–Crippen MR) is 78.7 cm³/mol. The van der Waals surface area contributed by atoms with Gasteiger partial charge in [0.1, 0.15) is 5.60 Å². The van der Waals surface area contributed by atoms with Gasteiger partial charge < -0.3 is 9.47 Å². The van der Waals surface area contributed by atoms with E-state index in [1.54, 1.807) is 26.8 Å². The summed E-state index contributed by atoms with van der Waals surface area (Å²) in [6.45, 7) is 10.9. The first-order chi connectivity index (χ1) is 9.40. The fourth-order valence-corrected chi connectivity index (χ4v) is 1.57. The molecule has 0 unspecified atom stereocenters. The highest BCUT2D eigenvalue weighted by molar-refractivity contribution is 5.67. The highest BCUT2D eigenvalue weighted by Gasteiger charge is 2.25. The highest BCUT2D eigenvalue weighted by atomic mass is 16.7. The van der Waals surface area contributed by atoms with E-state index < -0.39 is 16.7 Å². The van der Waals surface area contributed by atoms with Crippen LogP contribution < -0.4 is 4.74 Å². The SMILES string of the molecule is CC(C)(C)OC(=O)Oc1ccc(C(C)(C)C)cc1[N+](=O)[O-]. The summed E-state index contributed by atoms with van der Waals surface area (Å²) >= 11 is 0. The van der Waals surface area contributed by atoms with Gasteiger partial charge in [-0.2, -0.15) is 0 Å².